The second-order valence-corrected chi connectivity index (χ2v) is 6.50. The van der Waals surface area contributed by atoms with Crippen molar-refractivity contribution in [3.8, 4) is 5.75 Å². The van der Waals surface area contributed by atoms with Crippen LogP contribution in [0.4, 0.5) is 13.2 Å². The van der Waals surface area contributed by atoms with E-state index in [-0.39, 0.29) is 18.4 Å². The fourth-order valence-corrected chi connectivity index (χ4v) is 3.51. The highest BCUT2D eigenvalue weighted by atomic mass is 19.4. The van der Waals surface area contributed by atoms with Crippen molar-refractivity contribution < 1.29 is 17.9 Å². The molecule has 0 amide bonds. The van der Waals surface area contributed by atoms with E-state index in [0.29, 0.717) is 6.61 Å². The number of alkyl halides is 3. The fraction of sp³-hybridized carbons (Fsp3) is 0.556. The standard InChI is InChI=1S/C18H22F3N3O/c19-18(20,21)8-11-24-17(7-10-23-24)16-6-2-1-4-14(16)13-25-15-5-3-9-22-12-15/h3,5,7,9-10,12,14,16H,1-2,4,6,8,11,13H2. The third kappa shape index (κ3) is 4.96. The highest BCUT2D eigenvalue weighted by Crippen LogP contribution is 2.38. The second-order valence-electron chi connectivity index (χ2n) is 6.50. The van der Waals surface area contributed by atoms with Crippen LogP contribution in [0.25, 0.3) is 0 Å². The van der Waals surface area contributed by atoms with Gasteiger partial charge in [-0.1, -0.05) is 12.8 Å². The van der Waals surface area contributed by atoms with Gasteiger partial charge in [0.2, 0.25) is 0 Å². The number of aryl methyl sites for hydroxylation is 1. The minimum absolute atomic E-state index is 0.126. The molecule has 25 heavy (non-hydrogen) atoms. The number of hydrogen-bond acceptors (Lipinski definition) is 3. The molecule has 4 nitrogen and oxygen atoms in total. The van der Waals surface area contributed by atoms with Crippen molar-refractivity contribution in [2.45, 2.75) is 50.7 Å². The molecule has 0 bridgehead atoms. The minimum Gasteiger partial charge on any atom is -0.492 e. The average molecular weight is 353 g/mol. The average Bonchev–Trinajstić information content (AvgIpc) is 3.07. The van der Waals surface area contributed by atoms with Crippen LogP contribution in [0.1, 0.15) is 43.7 Å². The molecule has 0 radical (unpaired) electrons. The van der Waals surface area contributed by atoms with Crippen molar-refractivity contribution >= 4 is 0 Å². The fourth-order valence-electron chi connectivity index (χ4n) is 3.51. The molecule has 2 heterocycles. The van der Waals surface area contributed by atoms with E-state index in [1.807, 2.05) is 18.2 Å². The molecule has 1 fully saturated rings. The summed E-state index contributed by atoms with van der Waals surface area (Å²) in [5.41, 5.74) is 0.892. The first kappa shape index (κ1) is 17.8. The highest BCUT2D eigenvalue weighted by molar-refractivity contribution is 5.16. The Hall–Kier alpha value is -2.05. The topological polar surface area (TPSA) is 39.9 Å². The van der Waals surface area contributed by atoms with Crippen molar-refractivity contribution in [2.75, 3.05) is 6.61 Å². The van der Waals surface area contributed by atoms with Crippen LogP contribution in [0.5, 0.6) is 5.75 Å². The zero-order chi connectivity index (χ0) is 17.7. The van der Waals surface area contributed by atoms with E-state index < -0.39 is 12.6 Å². The Balaban J connectivity index is 1.67. The monoisotopic (exact) mass is 353 g/mol. The van der Waals surface area contributed by atoms with Gasteiger partial charge in [0.25, 0.3) is 0 Å². The van der Waals surface area contributed by atoms with E-state index >= 15 is 0 Å². The molecule has 1 aliphatic rings. The maximum Gasteiger partial charge on any atom is 0.390 e. The van der Waals surface area contributed by atoms with Crippen LogP contribution >= 0.6 is 0 Å². The van der Waals surface area contributed by atoms with E-state index in [0.717, 1.165) is 37.1 Å². The first-order valence-electron chi connectivity index (χ1n) is 8.64. The molecular weight excluding hydrogens is 331 g/mol. The van der Waals surface area contributed by atoms with Gasteiger partial charge in [0.05, 0.1) is 19.2 Å². The summed E-state index contributed by atoms with van der Waals surface area (Å²) in [6, 6.07) is 5.53. The smallest absolute Gasteiger partial charge is 0.390 e. The van der Waals surface area contributed by atoms with Gasteiger partial charge in [-0.05, 0) is 31.0 Å². The lowest BCUT2D eigenvalue weighted by molar-refractivity contribution is -0.137. The molecular formula is C18H22F3N3O. The number of rotatable bonds is 6. The Bertz CT molecular complexity index is 657. The van der Waals surface area contributed by atoms with E-state index in [9.17, 15) is 13.2 Å². The zero-order valence-electron chi connectivity index (χ0n) is 14.0. The number of pyridine rings is 1. The van der Waals surface area contributed by atoms with Crippen LogP contribution < -0.4 is 4.74 Å². The summed E-state index contributed by atoms with van der Waals surface area (Å²) < 4.78 is 45.0. The van der Waals surface area contributed by atoms with Crippen molar-refractivity contribution in [3.63, 3.8) is 0 Å². The number of hydrogen-bond donors (Lipinski definition) is 0. The summed E-state index contributed by atoms with van der Waals surface area (Å²) in [4.78, 5) is 4.03. The largest absolute Gasteiger partial charge is 0.492 e. The third-order valence-electron chi connectivity index (χ3n) is 4.74. The van der Waals surface area contributed by atoms with Gasteiger partial charge in [-0.25, -0.2) is 0 Å². The maximum absolute atomic E-state index is 12.5. The highest BCUT2D eigenvalue weighted by Gasteiger charge is 2.31. The van der Waals surface area contributed by atoms with Gasteiger partial charge in [-0.3, -0.25) is 9.67 Å². The quantitative estimate of drug-likeness (QED) is 0.763. The van der Waals surface area contributed by atoms with Crippen LogP contribution in [0.2, 0.25) is 0 Å². The SMILES string of the molecule is FC(F)(F)CCn1nccc1C1CCCCC1COc1cccnc1. The molecule has 2 unspecified atom stereocenters. The third-order valence-corrected chi connectivity index (χ3v) is 4.74. The molecule has 0 aliphatic heterocycles. The van der Waals surface area contributed by atoms with Gasteiger partial charge >= 0.3 is 6.18 Å². The van der Waals surface area contributed by atoms with Crippen molar-refractivity contribution in [1.82, 2.24) is 14.8 Å². The first-order valence-corrected chi connectivity index (χ1v) is 8.64. The Morgan fingerprint density at radius 3 is 2.76 bits per heavy atom. The van der Waals surface area contributed by atoms with Crippen LogP contribution in [-0.4, -0.2) is 27.5 Å². The molecule has 0 saturated heterocycles. The van der Waals surface area contributed by atoms with Crippen LogP contribution in [-0.2, 0) is 6.54 Å². The summed E-state index contributed by atoms with van der Waals surface area (Å²) in [7, 11) is 0. The molecule has 2 atom stereocenters. The van der Waals surface area contributed by atoms with Crippen LogP contribution in [0.3, 0.4) is 0 Å². The Morgan fingerprint density at radius 2 is 2.00 bits per heavy atom. The lowest BCUT2D eigenvalue weighted by Crippen LogP contribution is -2.26. The van der Waals surface area contributed by atoms with E-state index in [1.54, 1.807) is 18.6 Å². The summed E-state index contributed by atoms with van der Waals surface area (Å²) in [5.74, 6) is 1.17. The Morgan fingerprint density at radius 1 is 1.16 bits per heavy atom. The summed E-state index contributed by atoms with van der Waals surface area (Å²) >= 11 is 0. The molecule has 0 aromatic carbocycles. The normalized spacial score (nSPS) is 21.2. The van der Waals surface area contributed by atoms with Crippen molar-refractivity contribution in [1.29, 1.82) is 0 Å². The lowest BCUT2D eigenvalue weighted by Gasteiger charge is -2.32. The minimum atomic E-state index is -4.17. The Labute approximate surface area is 145 Å². The Kier molecular flexibility index (Phi) is 5.60. The van der Waals surface area contributed by atoms with Gasteiger partial charge < -0.3 is 4.74 Å². The number of aromatic nitrogens is 3. The molecule has 0 N–H and O–H groups in total. The predicted molar refractivity (Wildman–Crippen MR) is 87.3 cm³/mol. The second kappa shape index (κ2) is 7.89. The molecule has 3 rings (SSSR count). The molecule has 1 saturated carbocycles. The van der Waals surface area contributed by atoms with Gasteiger partial charge in [-0.2, -0.15) is 18.3 Å². The predicted octanol–water partition coefficient (Wildman–Crippen LogP) is 4.58. The van der Waals surface area contributed by atoms with Crippen LogP contribution in [0.15, 0.2) is 36.8 Å². The number of nitrogens with zero attached hydrogens (tertiary/aromatic N) is 3. The maximum atomic E-state index is 12.5. The molecule has 2 aromatic heterocycles. The first-order chi connectivity index (χ1) is 12.0. The molecule has 1 aliphatic carbocycles. The molecule has 136 valence electrons. The summed E-state index contributed by atoms with van der Waals surface area (Å²) in [6.07, 6.45) is 4.10. The van der Waals surface area contributed by atoms with Gasteiger partial charge in [0.15, 0.2) is 0 Å². The van der Waals surface area contributed by atoms with Gasteiger partial charge in [-0.15, -0.1) is 0 Å². The number of halogens is 3. The molecule has 0 spiro atoms. The van der Waals surface area contributed by atoms with Crippen molar-refractivity contribution in [3.05, 3.63) is 42.5 Å². The van der Waals surface area contributed by atoms with Gasteiger partial charge in [0, 0.05) is 36.5 Å². The lowest BCUT2D eigenvalue weighted by atomic mass is 9.78. The van der Waals surface area contributed by atoms with E-state index in [4.69, 9.17) is 4.74 Å². The number of ether oxygens (including phenoxy) is 1. The summed E-state index contributed by atoms with van der Waals surface area (Å²) in [5, 5.41) is 4.11. The van der Waals surface area contributed by atoms with Gasteiger partial charge in [0.1, 0.15) is 5.75 Å². The van der Waals surface area contributed by atoms with Crippen LogP contribution in [0, 0.1) is 5.92 Å². The van der Waals surface area contributed by atoms with Crippen molar-refractivity contribution in [2.24, 2.45) is 5.92 Å². The molecule has 7 heteroatoms. The molecule has 2 aromatic rings. The zero-order valence-corrected chi connectivity index (χ0v) is 14.0. The summed E-state index contributed by atoms with van der Waals surface area (Å²) in [6.45, 7) is 0.416. The van der Waals surface area contributed by atoms with E-state index in [2.05, 4.69) is 10.1 Å². The van der Waals surface area contributed by atoms with E-state index in [1.165, 1.54) is 4.68 Å².